The molecule has 5 nitrogen and oxygen atoms in total. The number of carbonyl (C=O) groups excluding carboxylic acids is 2. The molecule has 0 spiro atoms. The Balaban J connectivity index is 1.71. The third kappa shape index (κ3) is 2.95. The van der Waals surface area contributed by atoms with Crippen molar-refractivity contribution in [2.45, 2.75) is 12.5 Å². The maximum absolute atomic E-state index is 12.4. The number of nitrogens with one attached hydrogen (secondary N) is 2. The number of rotatable bonds is 4. The first-order valence-electron chi connectivity index (χ1n) is 6.84. The molecule has 0 unspecified atom stereocenters. The predicted octanol–water partition coefficient (Wildman–Crippen LogP) is 2.59. The first-order valence-corrected chi connectivity index (χ1v) is 7.22. The molecule has 0 aromatic heterocycles. The standard InChI is InChI=1S/C16H14ClN3O2/c17-11-5-4-8-13(9-11)20-15(21)10-14(16(20)22)19-18-12-6-2-1-3-7-12/h1-9,14,18-19H,10H2/t14-/m0/s1. The van der Waals surface area contributed by atoms with E-state index in [1.54, 1.807) is 24.3 Å². The molecule has 2 N–H and O–H groups in total. The normalized spacial score (nSPS) is 17.9. The van der Waals surface area contributed by atoms with Gasteiger partial charge >= 0.3 is 0 Å². The number of anilines is 2. The second kappa shape index (κ2) is 6.17. The van der Waals surface area contributed by atoms with Gasteiger partial charge in [0.25, 0.3) is 5.91 Å². The summed E-state index contributed by atoms with van der Waals surface area (Å²) in [7, 11) is 0. The van der Waals surface area contributed by atoms with Crippen LogP contribution in [0.4, 0.5) is 11.4 Å². The van der Waals surface area contributed by atoms with E-state index in [1.165, 1.54) is 0 Å². The lowest BCUT2D eigenvalue weighted by molar-refractivity contribution is -0.121. The number of benzene rings is 2. The van der Waals surface area contributed by atoms with Crippen LogP contribution in [0.1, 0.15) is 6.42 Å². The third-order valence-electron chi connectivity index (χ3n) is 3.38. The van der Waals surface area contributed by atoms with Crippen LogP contribution in [0, 0.1) is 0 Å². The van der Waals surface area contributed by atoms with Crippen molar-refractivity contribution in [3.05, 3.63) is 59.6 Å². The maximum atomic E-state index is 12.4. The van der Waals surface area contributed by atoms with E-state index in [0.717, 1.165) is 10.6 Å². The van der Waals surface area contributed by atoms with Gasteiger partial charge in [0.2, 0.25) is 5.91 Å². The van der Waals surface area contributed by atoms with E-state index in [-0.39, 0.29) is 18.2 Å². The van der Waals surface area contributed by atoms with Crippen molar-refractivity contribution in [1.29, 1.82) is 0 Å². The summed E-state index contributed by atoms with van der Waals surface area (Å²) >= 11 is 5.92. The van der Waals surface area contributed by atoms with Gasteiger partial charge in [0.15, 0.2) is 0 Å². The third-order valence-corrected chi connectivity index (χ3v) is 3.61. The Morgan fingerprint density at radius 3 is 2.55 bits per heavy atom. The van der Waals surface area contributed by atoms with Crippen LogP contribution in [-0.4, -0.2) is 17.9 Å². The SMILES string of the molecule is O=C1C[C@H](NNc2ccccc2)C(=O)N1c1cccc(Cl)c1. The maximum Gasteiger partial charge on any atom is 0.253 e. The van der Waals surface area contributed by atoms with Gasteiger partial charge in [-0.15, -0.1) is 0 Å². The zero-order valence-electron chi connectivity index (χ0n) is 11.6. The number of hydrogen-bond acceptors (Lipinski definition) is 4. The summed E-state index contributed by atoms with van der Waals surface area (Å²) in [4.78, 5) is 25.7. The lowest BCUT2D eigenvalue weighted by Crippen LogP contribution is -2.41. The Bertz CT molecular complexity index is 706. The molecule has 1 aliphatic heterocycles. The van der Waals surface area contributed by atoms with Crippen molar-refractivity contribution in [2.75, 3.05) is 10.3 Å². The van der Waals surface area contributed by atoms with Gasteiger partial charge in [-0.1, -0.05) is 35.9 Å². The predicted molar refractivity (Wildman–Crippen MR) is 85.6 cm³/mol. The molecule has 0 radical (unpaired) electrons. The summed E-state index contributed by atoms with van der Waals surface area (Å²) in [5, 5.41) is 0.483. The fraction of sp³-hybridized carbons (Fsp3) is 0.125. The van der Waals surface area contributed by atoms with E-state index in [4.69, 9.17) is 11.6 Å². The van der Waals surface area contributed by atoms with Crippen molar-refractivity contribution >= 4 is 34.8 Å². The van der Waals surface area contributed by atoms with E-state index in [0.29, 0.717) is 10.7 Å². The molecule has 1 saturated heterocycles. The molecule has 0 saturated carbocycles. The monoisotopic (exact) mass is 315 g/mol. The fourth-order valence-electron chi connectivity index (χ4n) is 2.32. The van der Waals surface area contributed by atoms with Gasteiger partial charge in [0.1, 0.15) is 6.04 Å². The molecule has 1 fully saturated rings. The zero-order chi connectivity index (χ0) is 15.5. The molecular formula is C16H14ClN3O2. The highest BCUT2D eigenvalue weighted by Gasteiger charge is 2.39. The first kappa shape index (κ1) is 14.6. The Morgan fingerprint density at radius 1 is 1.05 bits per heavy atom. The van der Waals surface area contributed by atoms with Crippen LogP contribution in [0.25, 0.3) is 0 Å². The van der Waals surface area contributed by atoms with Crippen molar-refractivity contribution in [3.63, 3.8) is 0 Å². The minimum atomic E-state index is -0.605. The van der Waals surface area contributed by atoms with Gasteiger partial charge in [-0.25, -0.2) is 10.3 Å². The molecule has 6 heteroatoms. The zero-order valence-corrected chi connectivity index (χ0v) is 12.4. The Labute approximate surface area is 132 Å². The molecule has 0 aliphatic carbocycles. The molecule has 22 heavy (non-hydrogen) atoms. The number of amides is 2. The van der Waals surface area contributed by atoms with Crippen molar-refractivity contribution in [1.82, 2.24) is 5.43 Å². The summed E-state index contributed by atoms with van der Waals surface area (Å²) in [5.74, 6) is -0.546. The fourth-order valence-corrected chi connectivity index (χ4v) is 2.51. The molecule has 0 bridgehead atoms. The van der Waals surface area contributed by atoms with Gasteiger partial charge in [0.05, 0.1) is 12.1 Å². The summed E-state index contributed by atoms with van der Waals surface area (Å²) in [6.45, 7) is 0. The Kier molecular flexibility index (Phi) is 4.09. The quantitative estimate of drug-likeness (QED) is 0.672. The van der Waals surface area contributed by atoms with E-state index in [2.05, 4.69) is 10.9 Å². The number of hydrogen-bond donors (Lipinski definition) is 2. The highest BCUT2D eigenvalue weighted by atomic mass is 35.5. The van der Waals surface area contributed by atoms with Crippen molar-refractivity contribution in [2.24, 2.45) is 0 Å². The minimum absolute atomic E-state index is 0.102. The van der Waals surface area contributed by atoms with Gasteiger partial charge in [0, 0.05) is 10.7 Å². The van der Waals surface area contributed by atoms with Crippen LogP contribution in [0.2, 0.25) is 5.02 Å². The second-order valence-electron chi connectivity index (χ2n) is 4.94. The smallest absolute Gasteiger partial charge is 0.253 e. The number of hydrazine groups is 1. The highest BCUT2D eigenvalue weighted by Crippen LogP contribution is 2.25. The molecule has 2 aromatic carbocycles. The number of carbonyl (C=O) groups is 2. The van der Waals surface area contributed by atoms with Crippen molar-refractivity contribution in [3.8, 4) is 0 Å². The van der Waals surface area contributed by atoms with Crippen LogP contribution in [0.5, 0.6) is 0 Å². The number of halogens is 1. The van der Waals surface area contributed by atoms with Crippen LogP contribution in [0.3, 0.4) is 0 Å². The topological polar surface area (TPSA) is 61.4 Å². The van der Waals surface area contributed by atoms with Gasteiger partial charge < -0.3 is 5.43 Å². The highest BCUT2D eigenvalue weighted by molar-refractivity contribution is 6.31. The summed E-state index contributed by atoms with van der Waals surface area (Å²) in [6, 6.07) is 15.5. The van der Waals surface area contributed by atoms with E-state index < -0.39 is 6.04 Å². The number of imide groups is 1. The molecular weight excluding hydrogens is 302 g/mol. The number of nitrogens with zero attached hydrogens (tertiary/aromatic N) is 1. The molecule has 3 rings (SSSR count). The molecule has 1 atom stereocenters. The summed E-state index contributed by atoms with van der Waals surface area (Å²) in [6.07, 6.45) is 0.102. The molecule has 2 aromatic rings. The molecule has 2 amide bonds. The summed E-state index contributed by atoms with van der Waals surface area (Å²) < 4.78 is 0. The number of para-hydroxylation sites is 1. The van der Waals surface area contributed by atoms with Gasteiger partial charge in [-0.05, 0) is 30.3 Å². The lowest BCUT2D eigenvalue weighted by atomic mass is 10.2. The van der Waals surface area contributed by atoms with Crippen LogP contribution < -0.4 is 15.8 Å². The van der Waals surface area contributed by atoms with E-state index in [9.17, 15) is 9.59 Å². The van der Waals surface area contributed by atoms with Crippen LogP contribution >= 0.6 is 11.6 Å². The Hall–Kier alpha value is -2.37. The van der Waals surface area contributed by atoms with Crippen molar-refractivity contribution < 1.29 is 9.59 Å². The average molecular weight is 316 g/mol. The molecule has 1 aliphatic rings. The largest absolute Gasteiger partial charge is 0.321 e. The Morgan fingerprint density at radius 2 is 1.82 bits per heavy atom. The first-order chi connectivity index (χ1) is 10.6. The van der Waals surface area contributed by atoms with Gasteiger partial charge in [-0.3, -0.25) is 9.59 Å². The summed E-state index contributed by atoms with van der Waals surface area (Å²) in [5.41, 5.74) is 7.16. The van der Waals surface area contributed by atoms with Gasteiger partial charge in [-0.2, -0.15) is 0 Å². The lowest BCUT2D eigenvalue weighted by Gasteiger charge is -2.16. The second-order valence-corrected chi connectivity index (χ2v) is 5.38. The average Bonchev–Trinajstić information content (AvgIpc) is 2.80. The van der Waals surface area contributed by atoms with Crippen LogP contribution in [0.15, 0.2) is 54.6 Å². The molecule has 1 heterocycles. The molecule has 112 valence electrons. The van der Waals surface area contributed by atoms with Crippen LogP contribution in [-0.2, 0) is 9.59 Å². The van der Waals surface area contributed by atoms with E-state index >= 15 is 0 Å². The van der Waals surface area contributed by atoms with E-state index in [1.807, 2.05) is 30.3 Å². The minimum Gasteiger partial charge on any atom is -0.321 e.